The smallest absolute Gasteiger partial charge is 0.258 e. The predicted octanol–water partition coefficient (Wildman–Crippen LogP) is 1.52. The molecule has 1 saturated heterocycles. The molecular formula is C11H12N2O4S. The Balaban J connectivity index is 2.02. The number of nitro benzene ring substituents is 1. The van der Waals surface area contributed by atoms with Crippen molar-refractivity contribution >= 4 is 15.7 Å². The van der Waals surface area contributed by atoms with E-state index in [9.17, 15) is 18.5 Å². The van der Waals surface area contributed by atoms with Crippen LogP contribution in [0.1, 0.15) is 19.3 Å². The van der Waals surface area contributed by atoms with Crippen molar-refractivity contribution in [3.8, 4) is 0 Å². The number of fused-ring (bicyclic) bond motifs is 1. The lowest BCUT2D eigenvalue weighted by Gasteiger charge is -2.09. The quantitative estimate of drug-likeness (QED) is 0.473. The topological polar surface area (TPSA) is 80.3 Å². The summed E-state index contributed by atoms with van der Waals surface area (Å²) < 4.78 is 26.1. The van der Waals surface area contributed by atoms with Gasteiger partial charge < -0.3 is 0 Å². The zero-order valence-corrected chi connectivity index (χ0v) is 10.3. The molecule has 1 aromatic rings. The maximum atomic E-state index is 12.4. The van der Waals surface area contributed by atoms with Gasteiger partial charge >= 0.3 is 0 Å². The first-order valence-electron chi connectivity index (χ1n) is 5.80. The average molecular weight is 268 g/mol. The highest BCUT2D eigenvalue weighted by molar-refractivity contribution is 7.89. The van der Waals surface area contributed by atoms with Gasteiger partial charge in [0.15, 0.2) is 4.90 Å². The number of hydrogen-bond donors (Lipinski definition) is 0. The Kier molecular flexibility index (Phi) is 2.43. The van der Waals surface area contributed by atoms with Crippen LogP contribution in [0, 0.1) is 10.1 Å². The molecule has 0 radical (unpaired) electrons. The monoisotopic (exact) mass is 268 g/mol. The van der Waals surface area contributed by atoms with Gasteiger partial charge in [-0.25, -0.2) is 8.42 Å². The lowest BCUT2D eigenvalue weighted by atomic mass is 10.3. The molecule has 0 amide bonds. The van der Waals surface area contributed by atoms with E-state index < -0.39 is 14.9 Å². The Morgan fingerprint density at radius 1 is 1.22 bits per heavy atom. The van der Waals surface area contributed by atoms with Crippen LogP contribution in [0.2, 0.25) is 0 Å². The summed E-state index contributed by atoms with van der Waals surface area (Å²) >= 11 is 0. The molecule has 6 nitrogen and oxygen atoms in total. The highest BCUT2D eigenvalue weighted by Crippen LogP contribution is 2.47. The number of sulfonamides is 1. The van der Waals surface area contributed by atoms with Crippen LogP contribution in [0.4, 0.5) is 5.69 Å². The van der Waals surface area contributed by atoms with E-state index in [0.717, 1.165) is 19.3 Å². The van der Waals surface area contributed by atoms with Gasteiger partial charge in [-0.2, -0.15) is 4.31 Å². The summed E-state index contributed by atoms with van der Waals surface area (Å²) in [5.74, 6) is 0. The Hall–Kier alpha value is -1.47. The van der Waals surface area contributed by atoms with E-state index in [1.807, 2.05) is 0 Å². The molecule has 7 heteroatoms. The summed E-state index contributed by atoms with van der Waals surface area (Å²) in [5.41, 5.74) is -0.345. The number of benzene rings is 1. The van der Waals surface area contributed by atoms with Crippen molar-refractivity contribution in [3.05, 3.63) is 34.4 Å². The van der Waals surface area contributed by atoms with Crippen molar-refractivity contribution in [3.63, 3.8) is 0 Å². The second-order valence-electron chi connectivity index (χ2n) is 4.63. The summed E-state index contributed by atoms with van der Waals surface area (Å²) in [6.07, 6.45) is 2.77. The first-order valence-corrected chi connectivity index (χ1v) is 7.24. The SMILES string of the molecule is O=[N+]([O-])c1ccccc1S(=O)(=O)N1C2CCCC21. The lowest BCUT2D eigenvalue weighted by Crippen LogP contribution is -2.18. The highest BCUT2D eigenvalue weighted by atomic mass is 32.2. The van der Waals surface area contributed by atoms with Crippen LogP contribution in [0.25, 0.3) is 0 Å². The standard InChI is InChI=1S/C11H12N2O4S/c14-13(15)10-4-1-2-7-11(10)18(16,17)12-8-5-3-6-9(8)12/h1-2,4,7-9H,3,5-6H2. The average Bonchev–Trinajstić information content (AvgIpc) is 2.86. The summed E-state index contributed by atoms with van der Waals surface area (Å²) in [6, 6.07) is 5.65. The molecule has 2 unspecified atom stereocenters. The number of piperidine rings is 1. The van der Waals surface area contributed by atoms with E-state index in [-0.39, 0.29) is 22.7 Å². The molecule has 1 aliphatic heterocycles. The van der Waals surface area contributed by atoms with Crippen molar-refractivity contribution in [2.45, 2.75) is 36.2 Å². The minimum Gasteiger partial charge on any atom is -0.258 e. The van der Waals surface area contributed by atoms with Crippen LogP contribution in [0.15, 0.2) is 29.2 Å². The number of nitro groups is 1. The van der Waals surface area contributed by atoms with E-state index in [1.165, 1.54) is 28.6 Å². The number of hydrogen-bond acceptors (Lipinski definition) is 4. The maximum Gasteiger partial charge on any atom is 0.289 e. The van der Waals surface area contributed by atoms with Crippen molar-refractivity contribution in [1.82, 2.24) is 4.31 Å². The molecule has 1 saturated carbocycles. The molecule has 0 spiro atoms. The minimum atomic E-state index is -3.71. The Labute approximate surface area is 104 Å². The summed E-state index contributed by atoms with van der Waals surface area (Å²) in [4.78, 5) is 10.0. The Bertz CT molecular complexity index is 603. The van der Waals surface area contributed by atoms with Gasteiger partial charge in [0.1, 0.15) is 0 Å². The van der Waals surface area contributed by atoms with Crippen molar-refractivity contribution < 1.29 is 13.3 Å². The molecule has 18 heavy (non-hydrogen) atoms. The second-order valence-corrected chi connectivity index (χ2v) is 6.44. The van der Waals surface area contributed by atoms with E-state index in [4.69, 9.17) is 0 Å². The molecule has 1 aromatic carbocycles. The van der Waals surface area contributed by atoms with Gasteiger partial charge in [-0.1, -0.05) is 18.6 Å². The van der Waals surface area contributed by atoms with Crippen LogP contribution in [-0.4, -0.2) is 29.7 Å². The fraction of sp³-hybridized carbons (Fsp3) is 0.455. The van der Waals surface area contributed by atoms with Crippen molar-refractivity contribution in [1.29, 1.82) is 0 Å². The predicted molar refractivity (Wildman–Crippen MR) is 63.5 cm³/mol. The van der Waals surface area contributed by atoms with Gasteiger partial charge in [-0.15, -0.1) is 0 Å². The molecule has 0 aromatic heterocycles. The molecule has 2 fully saturated rings. The van der Waals surface area contributed by atoms with Gasteiger partial charge in [0.2, 0.25) is 0 Å². The molecular weight excluding hydrogens is 256 g/mol. The maximum absolute atomic E-state index is 12.4. The van der Waals surface area contributed by atoms with Crippen LogP contribution in [0.5, 0.6) is 0 Å². The van der Waals surface area contributed by atoms with Crippen LogP contribution in [-0.2, 0) is 10.0 Å². The molecule has 0 N–H and O–H groups in total. The third kappa shape index (κ3) is 1.54. The van der Waals surface area contributed by atoms with E-state index >= 15 is 0 Å². The van der Waals surface area contributed by atoms with Crippen LogP contribution >= 0.6 is 0 Å². The highest BCUT2D eigenvalue weighted by Gasteiger charge is 2.58. The van der Waals surface area contributed by atoms with Gasteiger partial charge in [0.05, 0.1) is 4.92 Å². The molecule has 0 bridgehead atoms. The fourth-order valence-corrected chi connectivity index (χ4v) is 4.82. The Morgan fingerprint density at radius 2 is 1.83 bits per heavy atom. The molecule has 1 aliphatic carbocycles. The number of para-hydroxylation sites is 1. The summed E-state index contributed by atoms with van der Waals surface area (Å²) in [7, 11) is -3.71. The number of nitrogens with zero attached hydrogens (tertiary/aromatic N) is 2. The molecule has 2 atom stereocenters. The van der Waals surface area contributed by atoms with Gasteiger partial charge in [0, 0.05) is 18.2 Å². The first kappa shape index (κ1) is 11.6. The molecule has 96 valence electrons. The van der Waals surface area contributed by atoms with Crippen molar-refractivity contribution in [2.24, 2.45) is 0 Å². The number of rotatable bonds is 3. The van der Waals surface area contributed by atoms with E-state index in [0.29, 0.717) is 0 Å². The van der Waals surface area contributed by atoms with Gasteiger partial charge in [-0.3, -0.25) is 10.1 Å². The zero-order valence-electron chi connectivity index (χ0n) is 9.52. The van der Waals surface area contributed by atoms with Crippen LogP contribution < -0.4 is 0 Å². The lowest BCUT2D eigenvalue weighted by molar-refractivity contribution is -0.387. The summed E-state index contributed by atoms with van der Waals surface area (Å²) in [6.45, 7) is 0. The van der Waals surface area contributed by atoms with E-state index in [2.05, 4.69) is 0 Å². The Morgan fingerprint density at radius 3 is 2.44 bits per heavy atom. The van der Waals surface area contributed by atoms with Gasteiger partial charge in [0.25, 0.3) is 15.7 Å². The second kappa shape index (κ2) is 3.76. The van der Waals surface area contributed by atoms with Crippen LogP contribution in [0.3, 0.4) is 0 Å². The summed E-state index contributed by atoms with van der Waals surface area (Å²) in [5, 5.41) is 10.9. The zero-order chi connectivity index (χ0) is 12.9. The third-order valence-corrected chi connectivity index (χ3v) is 5.62. The van der Waals surface area contributed by atoms with E-state index in [1.54, 1.807) is 0 Å². The molecule has 1 heterocycles. The first-order chi connectivity index (χ1) is 8.53. The largest absolute Gasteiger partial charge is 0.289 e. The van der Waals surface area contributed by atoms with Crippen molar-refractivity contribution in [2.75, 3.05) is 0 Å². The minimum absolute atomic E-state index is 0.0646. The fourth-order valence-electron chi connectivity index (χ4n) is 2.78. The normalized spacial score (nSPS) is 29.9. The molecule has 2 aliphatic rings. The van der Waals surface area contributed by atoms with Gasteiger partial charge in [-0.05, 0) is 18.9 Å². The molecule has 3 rings (SSSR count). The third-order valence-electron chi connectivity index (χ3n) is 3.63.